The van der Waals surface area contributed by atoms with E-state index in [2.05, 4.69) is 32.7 Å². The summed E-state index contributed by atoms with van der Waals surface area (Å²) in [5, 5.41) is 0. The van der Waals surface area contributed by atoms with Gasteiger partial charge in [0.2, 0.25) is 0 Å². The third-order valence-corrected chi connectivity index (χ3v) is 5.19. The first kappa shape index (κ1) is 11.8. The van der Waals surface area contributed by atoms with Crippen LogP contribution in [-0.4, -0.2) is 29.8 Å². The Morgan fingerprint density at radius 1 is 1.13 bits per heavy atom. The second kappa shape index (κ2) is 3.66. The minimum Gasteiger partial charge on any atom is -0.304 e. The molecule has 0 N–H and O–H groups in total. The molecular formula is C13H25NS. The van der Waals surface area contributed by atoms with Crippen LogP contribution in [-0.2, 0) is 0 Å². The Hall–Kier alpha value is 0.310. The van der Waals surface area contributed by atoms with Crippen molar-refractivity contribution in [2.24, 2.45) is 17.3 Å². The third kappa shape index (κ3) is 1.95. The summed E-state index contributed by atoms with van der Waals surface area (Å²) in [6, 6.07) is 0. The lowest BCUT2D eigenvalue weighted by Gasteiger charge is -2.47. The molecule has 88 valence electrons. The molecule has 0 aromatic carbocycles. The Morgan fingerprint density at radius 3 is 2.07 bits per heavy atom. The summed E-state index contributed by atoms with van der Waals surface area (Å²) < 4.78 is 0.213. The zero-order valence-electron chi connectivity index (χ0n) is 10.6. The van der Waals surface area contributed by atoms with Gasteiger partial charge in [-0.25, -0.2) is 0 Å². The summed E-state index contributed by atoms with van der Waals surface area (Å²) >= 11 is 4.98. The van der Waals surface area contributed by atoms with Gasteiger partial charge in [-0.15, -0.1) is 0 Å². The second-order valence-corrected chi connectivity index (χ2v) is 7.57. The Labute approximate surface area is 100 Å². The molecular weight excluding hydrogens is 202 g/mol. The van der Waals surface area contributed by atoms with Crippen molar-refractivity contribution >= 4 is 12.6 Å². The van der Waals surface area contributed by atoms with Gasteiger partial charge in [-0.1, -0.05) is 13.8 Å². The van der Waals surface area contributed by atoms with E-state index in [1.54, 1.807) is 0 Å². The van der Waals surface area contributed by atoms with Crippen LogP contribution in [0.2, 0.25) is 0 Å². The minimum absolute atomic E-state index is 0.213. The van der Waals surface area contributed by atoms with Crippen LogP contribution in [0.15, 0.2) is 0 Å². The third-order valence-electron chi connectivity index (χ3n) is 4.58. The molecule has 3 atom stereocenters. The molecule has 1 aliphatic heterocycles. The van der Waals surface area contributed by atoms with Crippen molar-refractivity contribution in [3.05, 3.63) is 0 Å². The zero-order valence-corrected chi connectivity index (χ0v) is 11.5. The minimum atomic E-state index is 0.213. The van der Waals surface area contributed by atoms with E-state index in [-0.39, 0.29) is 4.75 Å². The molecule has 1 saturated heterocycles. The molecule has 1 aliphatic carbocycles. The van der Waals surface area contributed by atoms with E-state index in [0.29, 0.717) is 5.41 Å². The lowest BCUT2D eigenvalue weighted by atomic mass is 9.62. The Kier molecular flexibility index (Phi) is 2.88. The van der Waals surface area contributed by atoms with Crippen molar-refractivity contribution in [3.63, 3.8) is 0 Å². The molecule has 2 aliphatic rings. The second-order valence-electron chi connectivity index (χ2n) is 6.58. The molecule has 3 unspecified atom stereocenters. The van der Waals surface area contributed by atoms with Crippen LogP contribution in [0.25, 0.3) is 0 Å². The van der Waals surface area contributed by atoms with Gasteiger partial charge in [0.15, 0.2) is 0 Å². The highest BCUT2D eigenvalue weighted by Crippen LogP contribution is 2.55. The van der Waals surface area contributed by atoms with Crippen LogP contribution < -0.4 is 0 Å². The van der Waals surface area contributed by atoms with Gasteiger partial charge >= 0.3 is 0 Å². The number of rotatable bonds is 0. The van der Waals surface area contributed by atoms with Crippen LogP contribution in [0.5, 0.6) is 0 Å². The van der Waals surface area contributed by atoms with Crippen molar-refractivity contribution in [1.29, 1.82) is 0 Å². The number of likely N-dealkylation sites (tertiary alicyclic amines) is 1. The lowest BCUT2D eigenvalue weighted by Crippen LogP contribution is -2.45. The summed E-state index contributed by atoms with van der Waals surface area (Å²) in [4.78, 5) is 2.47. The van der Waals surface area contributed by atoms with Gasteiger partial charge in [0, 0.05) is 17.8 Å². The molecule has 1 spiro atoms. The van der Waals surface area contributed by atoms with Crippen LogP contribution >= 0.6 is 12.6 Å². The van der Waals surface area contributed by atoms with Gasteiger partial charge in [-0.05, 0) is 50.5 Å². The van der Waals surface area contributed by atoms with E-state index in [0.717, 1.165) is 18.4 Å². The topological polar surface area (TPSA) is 3.24 Å². The Morgan fingerprint density at radius 2 is 1.67 bits per heavy atom. The van der Waals surface area contributed by atoms with E-state index >= 15 is 0 Å². The van der Waals surface area contributed by atoms with Gasteiger partial charge in [0.05, 0.1) is 0 Å². The number of nitrogens with zero attached hydrogens (tertiary/aromatic N) is 1. The maximum Gasteiger partial charge on any atom is 0.0297 e. The van der Waals surface area contributed by atoms with Crippen molar-refractivity contribution in [2.75, 3.05) is 20.1 Å². The highest BCUT2D eigenvalue weighted by atomic mass is 32.1. The predicted octanol–water partition coefficient (Wildman–Crippen LogP) is 3.06. The highest BCUT2D eigenvalue weighted by molar-refractivity contribution is 7.81. The largest absolute Gasteiger partial charge is 0.304 e. The first-order valence-corrected chi connectivity index (χ1v) is 6.70. The quantitative estimate of drug-likeness (QED) is 0.623. The highest BCUT2D eigenvalue weighted by Gasteiger charge is 2.54. The fraction of sp³-hybridized carbons (Fsp3) is 1.00. The summed E-state index contributed by atoms with van der Waals surface area (Å²) in [7, 11) is 2.24. The van der Waals surface area contributed by atoms with Crippen LogP contribution in [0, 0.1) is 17.3 Å². The fourth-order valence-electron chi connectivity index (χ4n) is 4.28. The fourth-order valence-corrected chi connectivity index (χ4v) is 4.77. The molecule has 1 nitrogen and oxygen atoms in total. The standard InChI is InChI=1S/C13H25NS/c1-10-5-11(2)7-13(6-10)9-14(4)8-12(13,3)15/h10-11,15H,5-9H2,1-4H3. The van der Waals surface area contributed by atoms with Crippen LogP contribution in [0.3, 0.4) is 0 Å². The van der Waals surface area contributed by atoms with E-state index in [1.165, 1.54) is 25.8 Å². The van der Waals surface area contributed by atoms with Gasteiger partial charge in [0.1, 0.15) is 0 Å². The van der Waals surface area contributed by atoms with E-state index in [9.17, 15) is 0 Å². The molecule has 2 rings (SSSR count). The molecule has 1 heterocycles. The Bertz CT molecular complexity index is 239. The summed E-state index contributed by atoms with van der Waals surface area (Å²) in [5.74, 6) is 1.76. The number of hydrogen-bond donors (Lipinski definition) is 1. The monoisotopic (exact) mass is 227 g/mol. The molecule has 0 aromatic rings. The van der Waals surface area contributed by atoms with Crippen molar-refractivity contribution < 1.29 is 0 Å². The SMILES string of the molecule is CC1CC(C)CC2(C1)CN(C)CC2(C)S. The molecule has 2 fully saturated rings. The first-order chi connectivity index (χ1) is 6.85. The van der Waals surface area contributed by atoms with Crippen LogP contribution in [0.1, 0.15) is 40.0 Å². The summed E-state index contributed by atoms with van der Waals surface area (Å²) in [6.45, 7) is 9.58. The van der Waals surface area contributed by atoms with Crippen molar-refractivity contribution in [1.82, 2.24) is 4.90 Å². The van der Waals surface area contributed by atoms with Gasteiger partial charge < -0.3 is 4.90 Å². The smallest absolute Gasteiger partial charge is 0.0297 e. The normalized spacial score (nSPS) is 52.6. The molecule has 0 aromatic heterocycles. The summed E-state index contributed by atoms with van der Waals surface area (Å²) in [5.41, 5.74) is 0.474. The maximum atomic E-state index is 4.98. The molecule has 1 saturated carbocycles. The number of hydrogen-bond acceptors (Lipinski definition) is 2. The Balaban J connectivity index is 2.24. The van der Waals surface area contributed by atoms with E-state index in [4.69, 9.17) is 12.6 Å². The molecule has 0 bridgehead atoms. The van der Waals surface area contributed by atoms with Gasteiger partial charge in [0.25, 0.3) is 0 Å². The predicted molar refractivity (Wildman–Crippen MR) is 69.5 cm³/mol. The molecule has 0 amide bonds. The van der Waals surface area contributed by atoms with Crippen molar-refractivity contribution in [3.8, 4) is 0 Å². The maximum absolute atomic E-state index is 4.98. The lowest BCUT2D eigenvalue weighted by molar-refractivity contribution is 0.0941. The molecule has 2 heteroatoms. The molecule has 15 heavy (non-hydrogen) atoms. The van der Waals surface area contributed by atoms with Crippen molar-refractivity contribution in [2.45, 2.75) is 44.8 Å². The van der Waals surface area contributed by atoms with Gasteiger partial charge in [-0.3, -0.25) is 0 Å². The van der Waals surface area contributed by atoms with E-state index in [1.807, 2.05) is 0 Å². The number of thiol groups is 1. The average molecular weight is 227 g/mol. The zero-order chi connectivity index (χ0) is 11.3. The van der Waals surface area contributed by atoms with Gasteiger partial charge in [-0.2, -0.15) is 12.6 Å². The average Bonchev–Trinajstić information content (AvgIpc) is 2.17. The van der Waals surface area contributed by atoms with E-state index < -0.39 is 0 Å². The first-order valence-electron chi connectivity index (χ1n) is 6.26. The molecule has 0 radical (unpaired) electrons. The summed E-state index contributed by atoms with van der Waals surface area (Å²) in [6.07, 6.45) is 4.17. The van der Waals surface area contributed by atoms with Crippen LogP contribution in [0.4, 0.5) is 0 Å².